The molecule has 0 aromatic carbocycles. The molecular formula is C15H28F3NO. The van der Waals surface area contributed by atoms with Gasteiger partial charge in [-0.2, -0.15) is 13.2 Å². The Morgan fingerprint density at radius 2 is 1.90 bits per heavy atom. The fourth-order valence-electron chi connectivity index (χ4n) is 2.63. The molecule has 0 saturated heterocycles. The molecule has 1 N–H and O–H groups in total. The molecule has 2 nitrogen and oxygen atoms in total. The second kappa shape index (κ2) is 7.64. The lowest BCUT2D eigenvalue weighted by molar-refractivity contribution is -0.174. The van der Waals surface area contributed by atoms with Crippen molar-refractivity contribution in [2.45, 2.75) is 52.6 Å². The average Bonchev–Trinajstić information content (AvgIpc) is 3.10. The van der Waals surface area contributed by atoms with Crippen LogP contribution in [0.4, 0.5) is 13.2 Å². The van der Waals surface area contributed by atoms with Crippen LogP contribution < -0.4 is 5.32 Å². The van der Waals surface area contributed by atoms with E-state index in [9.17, 15) is 13.2 Å². The summed E-state index contributed by atoms with van der Waals surface area (Å²) in [5.74, 6) is 1.35. The summed E-state index contributed by atoms with van der Waals surface area (Å²) in [5, 5.41) is 3.49. The first kappa shape index (κ1) is 17.8. The highest BCUT2D eigenvalue weighted by molar-refractivity contribution is 4.92. The Balaban J connectivity index is 2.21. The molecule has 0 aromatic rings. The quantitative estimate of drug-likeness (QED) is 0.615. The van der Waals surface area contributed by atoms with Crippen LogP contribution in [0.1, 0.15) is 46.5 Å². The smallest absolute Gasteiger partial charge is 0.372 e. The lowest BCUT2D eigenvalue weighted by Gasteiger charge is -2.30. The van der Waals surface area contributed by atoms with Crippen molar-refractivity contribution in [3.63, 3.8) is 0 Å². The van der Waals surface area contributed by atoms with E-state index in [2.05, 4.69) is 26.1 Å². The summed E-state index contributed by atoms with van der Waals surface area (Å²) >= 11 is 0. The number of hydrogen-bond acceptors (Lipinski definition) is 2. The normalized spacial score (nSPS) is 19.4. The predicted molar refractivity (Wildman–Crippen MR) is 74.6 cm³/mol. The Hall–Kier alpha value is -0.290. The molecule has 0 amide bonds. The van der Waals surface area contributed by atoms with Crippen LogP contribution in [0.3, 0.4) is 0 Å². The summed E-state index contributed by atoms with van der Waals surface area (Å²) in [4.78, 5) is 0. The molecular weight excluding hydrogens is 267 g/mol. The zero-order valence-electron chi connectivity index (χ0n) is 12.9. The third-order valence-corrected chi connectivity index (χ3v) is 3.95. The molecule has 0 bridgehead atoms. The lowest BCUT2D eigenvalue weighted by Crippen LogP contribution is -2.35. The minimum atomic E-state index is -4.21. The summed E-state index contributed by atoms with van der Waals surface area (Å²) < 4.78 is 40.6. The number of halogens is 3. The van der Waals surface area contributed by atoms with Crippen LogP contribution in [-0.4, -0.2) is 32.5 Å². The van der Waals surface area contributed by atoms with Crippen molar-refractivity contribution in [1.82, 2.24) is 5.32 Å². The first-order valence-corrected chi connectivity index (χ1v) is 7.58. The highest BCUT2D eigenvalue weighted by Gasteiger charge is 2.40. The van der Waals surface area contributed by atoms with Crippen molar-refractivity contribution >= 4 is 0 Å². The Kier molecular flexibility index (Phi) is 6.79. The van der Waals surface area contributed by atoms with Crippen molar-refractivity contribution in [1.29, 1.82) is 0 Å². The number of alkyl halides is 3. The van der Waals surface area contributed by atoms with Crippen LogP contribution in [-0.2, 0) is 4.74 Å². The first-order valence-electron chi connectivity index (χ1n) is 7.58. The predicted octanol–water partition coefficient (Wildman–Crippen LogP) is 4.01. The molecule has 0 aromatic heterocycles. The van der Waals surface area contributed by atoms with Gasteiger partial charge in [0, 0.05) is 13.2 Å². The minimum absolute atomic E-state index is 0.200. The summed E-state index contributed by atoms with van der Waals surface area (Å²) in [5.41, 5.74) is 0.205. The molecule has 1 aliphatic rings. The molecule has 120 valence electrons. The average molecular weight is 295 g/mol. The van der Waals surface area contributed by atoms with Crippen molar-refractivity contribution in [3.05, 3.63) is 0 Å². The molecule has 0 radical (unpaired) electrons. The Bertz CT molecular complexity index is 277. The van der Waals surface area contributed by atoms with E-state index in [4.69, 9.17) is 4.74 Å². The van der Waals surface area contributed by atoms with Crippen molar-refractivity contribution in [3.8, 4) is 0 Å². The molecule has 20 heavy (non-hydrogen) atoms. The Morgan fingerprint density at radius 1 is 1.25 bits per heavy atom. The van der Waals surface area contributed by atoms with Gasteiger partial charge in [-0.15, -0.1) is 0 Å². The summed E-state index contributed by atoms with van der Waals surface area (Å²) in [6.07, 6.45) is -0.0712. The van der Waals surface area contributed by atoms with Gasteiger partial charge in [0.1, 0.15) is 6.61 Å². The van der Waals surface area contributed by atoms with E-state index in [0.717, 1.165) is 25.4 Å². The molecule has 1 unspecified atom stereocenters. The monoisotopic (exact) mass is 295 g/mol. The lowest BCUT2D eigenvalue weighted by atomic mass is 9.80. The number of ether oxygens (including phenoxy) is 1. The zero-order chi connectivity index (χ0) is 15.2. The van der Waals surface area contributed by atoms with Crippen molar-refractivity contribution < 1.29 is 17.9 Å². The Labute approximate surface area is 120 Å². The van der Waals surface area contributed by atoms with Crippen LogP contribution in [0.25, 0.3) is 0 Å². The molecule has 0 heterocycles. The summed E-state index contributed by atoms with van der Waals surface area (Å²) in [6, 6.07) is 0. The maximum Gasteiger partial charge on any atom is 0.411 e. The van der Waals surface area contributed by atoms with E-state index >= 15 is 0 Å². The molecule has 1 rings (SSSR count). The molecule has 0 aliphatic heterocycles. The maximum absolute atomic E-state index is 12.0. The van der Waals surface area contributed by atoms with E-state index in [1.54, 1.807) is 0 Å². The fourth-order valence-corrected chi connectivity index (χ4v) is 2.63. The topological polar surface area (TPSA) is 21.3 Å². The van der Waals surface area contributed by atoms with Gasteiger partial charge in [0.15, 0.2) is 0 Å². The van der Waals surface area contributed by atoms with E-state index in [0.29, 0.717) is 12.3 Å². The fraction of sp³-hybridized carbons (Fsp3) is 1.00. The van der Waals surface area contributed by atoms with Crippen LogP contribution in [0.15, 0.2) is 0 Å². The van der Waals surface area contributed by atoms with Crippen molar-refractivity contribution in [2.24, 2.45) is 17.3 Å². The third-order valence-electron chi connectivity index (χ3n) is 3.95. The highest BCUT2D eigenvalue weighted by Crippen LogP contribution is 2.47. The van der Waals surface area contributed by atoms with E-state index in [1.165, 1.54) is 12.8 Å². The number of rotatable bonds is 10. The van der Waals surface area contributed by atoms with Crippen LogP contribution in [0, 0.1) is 17.3 Å². The highest BCUT2D eigenvalue weighted by atomic mass is 19.4. The van der Waals surface area contributed by atoms with Gasteiger partial charge in [-0.25, -0.2) is 0 Å². The van der Waals surface area contributed by atoms with Gasteiger partial charge in [-0.3, -0.25) is 0 Å². The van der Waals surface area contributed by atoms with Crippen molar-refractivity contribution in [2.75, 3.05) is 26.3 Å². The third kappa shape index (κ3) is 7.48. The largest absolute Gasteiger partial charge is 0.411 e. The molecule has 1 aliphatic carbocycles. The minimum Gasteiger partial charge on any atom is -0.372 e. The molecule has 1 fully saturated rings. The van der Waals surface area contributed by atoms with E-state index < -0.39 is 12.8 Å². The van der Waals surface area contributed by atoms with Gasteiger partial charge in [0.25, 0.3) is 0 Å². The van der Waals surface area contributed by atoms with Crippen LogP contribution >= 0.6 is 0 Å². The summed E-state index contributed by atoms with van der Waals surface area (Å²) in [6.45, 7) is 7.62. The molecule has 1 atom stereocenters. The van der Waals surface area contributed by atoms with Crippen LogP contribution in [0.2, 0.25) is 0 Å². The zero-order valence-corrected chi connectivity index (χ0v) is 12.9. The van der Waals surface area contributed by atoms with Gasteiger partial charge in [0.2, 0.25) is 0 Å². The van der Waals surface area contributed by atoms with Gasteiger partial charge >= 0.3 is 6.18 Å². The van der Waals surface area contributed by atoms with Gasteiger partial charge in [-0.1, -0.05) is 20.8 Å². The van der Waals surface area contributed by atoms with E-state index in [-0.39, 0.29) is 12.0 Å². The van der Waals surface area contributed by atoms with E-state index in [1.807, 2.05) is 0 Å². The SMILES string of the molecule is CC(C)CNCC(C)(CCCOCC(F)(F)F)C1CC1. The molecule has 0 spiro atoms. The second-order valence-electron chi connectivity index (χ2n) is 6.72. The van der Waals surface area contributed by atoms with Gasteiger partial charge in [-0.05, 0) is 49.5 Å². The second-order valence-corrected chi connectivity index (χ2v) is 6.72. The first-order chi connectivity index (χ1) is 9.23. The summed E-state index contributed by atoms with van der Waals surface area (Å²) in [7, 11) is 0. The van der Waals surface area contributed by atoms with Gasteiger partial charge < -0.3 is 10.1 Å². The van der Waals surface area contributed by atoms with Gasteiger partial charge in [0.05, 0.1) is 0 Å². The van der Waals surface area contributed by atoms with Crippen LogP contribution in [0.5, 0.6) is 0 Å². The standard InChI is InChI=1S/C15H28F3NO/c1-12(2)9-19-10-14(3,13-5-6-13)7-4-8-20-11-15(16,17)18/h12-13,19H,4-11H2,1-3H3. The molecule has 5 heteroatoms. The Morgan fingerprint density at radius 3 is 2.40 bits per heavy atom. The molecule has 1 saturated carbocycles. The number of nitrogens with one attached hydrogen (secondary N) is 1. The maximum atomic E-state index is 12.0. The number of hydrogen-bond donors (Lipinski definition) is 1.